The van der Waals surface area contributed by atoms with E-state index in [-0.39, 0.29) is 5.91 Å². The monoisotopic (exact) mass is 395 g/mol. The van der Waals surface area contributed by atoms with Crippen LogP contribution in [0.3, 0.4) is 0 Å². The Bertz CT molecular complexity index is 864. The first-order chi connectivity index (χ1) is 13.8. The van der Waals surface area contributed by atoms with Gasteiger partial charge in [0.2, 0.25) is 5.91 Å². The Morgan fingerprint density at radius 3 is 2.45 bits per heavy atom. The average Bonchev–Trinajstić information content (AvgIpc) is 2.68. The Hall–Kier alpha value is -2.63. The Kier molecular flexibility index (Phi) is 6.40. The van der Waals surface area contributed by atoms with E-state index >= 15 is 0 Å². The molecule has 1 saturated heterocycles. The highest BCUT2D eigenvalue weighted by Gasteiger charge is 2.38. The minimum atomic E-state index is -0.683. The smallest absolute Gasteiger partial charge is 0.217 e. The number of carbonyl (C=O) groups is 1. The highest BCUT2D eigenvalue weighted by molar-refractivity contribution is 5.74. The standard InChI is InChI=1S/C24H29NO4/c1-18-14-20(10-11-22(18)27-15-21-8-6-5-7-9-21)12-13-24(25-19(2)26)16-28-23(3,4)29-17-24/h5-14H,15-17H2,1-4H3,(H,25,26)/b13-12+. The van der Waals surface area contributed by atoms with Gasteiger partial charge < -0.3 is 19.5 Å². The second-order valence-corrected chi connectivity index (χ2v) is 7.95. The summed E-state index contributed by atoms with van der Waals surface area (Å²) in [5, 5.41) is 2.97. The molecule has 29 heavy (non-hydrogen) atoms. The van der Waals surface area contributed by atoms with Crippen LogP contribution in [0.5, 0.6) is 5.75 Å². The van der Waals surface area contributed by atoms with Gasteiger partial charge in [-0.2, -0.15) is 0 Å². The molecule has 0 atom stereocenters. The van der Waals surface area contributed by atoms with Gasteiger partial charge in [0, 0.05) is 6.92 Å². The summed E-state index contributed by atoms with van der Waals surface area (Å²) in [5.74, 6) is 0.0838. The zero-order valence-corrected chi connectivity index (χ0v) is 17.5. The van der Waals surface area contributed by atoms with Crippen LogP contribution in [0.2, 0.25) is 0 Å². The molecular formula is C24H29NO4. The molecule has 1 heterocycles. The van der Waals surface area contributed by atoms with Crippen LogP contribution in [-0.2, 0) is 20.9 Å². The molecule has 1 fully saturated rings. The summed E-state index contributed by atoms with van der Waals surface area (Å²) in [6.07, 6.45) is 3.93. The largest absolute Gasteiger partial charge is 0.489 e. The molecule has 1 aliphatic rings. The molecule has 2 aromatic carbocycles. The maximum absolute atomic E-state index is 11.7. The van der Waals surface area contributed by atoms with Crippen molar-refractivity contribution in [3.63, 3.8) is 0 Å². The highest BCUT2D eigenvalue weighted by atomic mass is 16.7. The van der Waals surface area contributed by atoms with Crippen molar-refractivity contribution in [2.75, 3.05) is 13.2 Å². The number of benzene rings is 2. The normalized spacial score (nSPS) is 17.8. The Morgan fingerprint density at radius 2 is 1.83 bits per heavy atom. The molecule has 0 aromatic heterocycles. The molecule has 2 aromatic rings. The Labute approximate surface area is 172 Å². The molecule has 3 rings (SSSR count). The van der Waals surface area contributed by atoms with Crippen LogP contribution in [0, 0.1) is 6.92 Å². The molecule has 5 heteroatoms. The maximum atomic E-state index is 11.7. The lowest BCUT2D eigenvalue weighted by molar-refractivity contribution is -0.264. The van der Waals surface area contributed by atoms with Crippen LogP contribution < -0.4 is 10.1 Å². The number of nitrogens with one attached hydrogen (secondary N) is 1. The van der Waals surface area contributed by atoms with E-state index in [9.17, 15) is 4.79 Å². The molecule has 154 valence electrons. The van der Waals surface area contributed by atoms with Crippen molar-refractivity contribution in [2.45, 2.75) is 45.6 Å². The molecule has 0 bridgehead atoms. The molecule has 1 N–H and O–H groups in total. The molecule has 0 saturated carbocycles. The van der Waals surface area contributed by atoms with E-state index in [1.165, 1.54) is 6.92 Å². The highest BCUT2D eigenvalue weighted by Crippen LogP contribution is 2.26. The zero-order valence-electron chi connectivity index (χ0n) is 17.5. The number of hydrogen-bond acceptors (Lipinski definition) is 4. The second kappa shape index (κ2) is 8.80. The van der Waals surface area contributed by atoms with E-state index in [1.807, 2.05) is 75.4 Å². The van der Waals surface area contributed by atoms with Crippen molar-refractivity contribution in [1.29, 1.82) is 0 Å². The number of aryl methyl sites for hydroxylation is 1. The third-order valence-corrected chi connectivity index (χ3v) is 4.81. The van der Waals surface area contributed by atoms with Gasteiger partial charge in [0.05, 0.1) is 13.2 Å². The van der Waals surface area contributed by atoms with E-state index < -0.39 is 11.3 Å². The third kappa shape index (κ3) is 5.92. The quantitative estimate of drug-likeness (QED) is 0.795. The first kappa shape index (κ1) is 21.1. The number of carbonyl (C=O) groups excluding carboxylic acids is 1. The van der Waals surface area contributed by atoms with Crippen LogP contribution in [0.15, 0.2) is 54.6 Å². The van der Waals surface area contributed by atoms with Crippen molar-refractivity contribution in [1.82, 2.24) is 5.32 Å². The first-order valence-electron chi connectivity index (χ1n) is 9.80. The van der Waals surface area contributed by atoms with Gasteiger partial charge in [-0.25, -0.2) is 0 Å². The molecule has 0 radical (unpaired) electrons. The van der Waals surface area contributed by atoms with Gasteiger partial charge >= 0.3 is 0 Å². The van der Waals surface area contributed by atoms with Crippen LogP contribution in [-0.4, -0.2) is 30.4 Å². The van der Waals surface area contributed by atoms with Crippen LogP contribution >= 0.6 is 0 Å². The lowest BCUT2D eigenvalue weighted by Gasteiger charge is -2.42. The molecular weight excluding hydrogens is 366 g/mol. The van der Waals surface area contributed by atoms with Gasteiger partial charge in [0.15, 0.2) is 5.79 Å². The summed E-state index contributed by atoms with van der Waals surface area (Å²) in [5.41, 5.74) is 2.52. The molecule has 0 unspecified atom stereocenters. The zero-order chi connectivity index (χ0) is 20.9. The van der Waals surface area contributed by atoms with E-state index in [0.717, 1.165) is 22.4 Å². The lowest BCUT2D eigenvalue weighted by atomic mass is 9.97. The molecule has 5 nitrogen and oxygen atoms in total. The predicted molar refractivity (Wildman–Crippen MR) is 114 cm³/mol. The van der Waals surface area contributed by atoms with Gasteiger partial charge in [-0.1, -0.05) is 48.6 Å². The van der Waals surface area contributed by atoms with Crippen molar-refractivity contribution in [2.24, 2.45) is 0 Å². The number of amides is 1. The Balaban J connectivity index is 1.70. The maximum Gasteiger partial charge on any atom is 0.217 e. The summed E-state index contributed by atoms with van der Waals surface area (Å²) in [6.45, 7) is 8.50. The Morgan fingerprint density at radius 1 is 1.14 bits per heavy atom. The lowest BCUT2D eigenvalue weighted by Crippen LogP contribution is -2.59. The van der Waals surface area contributed by atoms with Crippen molar-refractivity contribution < 1.29 is 19.0 Å². The first-order valence-corrected chi connectivity index (χ1v) is 9.80. The van der Waals surface area contributed by atoms with Crippen molar-refractivity contribution in [3.05, 3.63) is 71.3 Å². The molecule has 1 aliphatic heterocycles. The van der Waals surface area contributed by atoms with Gasteiger partial charge in [0.1, 0.15) is 17.9 Å². The fourth-order valence-corrected chi connectivity index (χ4v) is 3.18. The van der Waals surface area contributed by atoms with Gasteiger partial charge in [-0.05, 0) is 49.6 Å². The van der Waals surface area contributed by atoms with E-state index in [4.69, 9.17) is 14.2 Å². The average molecular weight is 395 g/mol. The van der Waals surface area contributed by atoms with Crippen molar-refractivity contribution >= 4 is 12.0 Å². The van der Waals surface area contributed by atoms with Gasteiger partial charge in [0.25, 0.3) is 0 Å². The van der Waals surface area contributed by atoms with Crippen LogP contribution in [0.4, 0.5) is 0 Å². The second-order valence-electron chi connectivity index (χ2n) is 7.95. The van der Waals surface area contributed by atoms with Crippen LogP contribution in [0.25, 0.3) is 6.08 Å². The molecule has 1 amide bonds. The number of rotatable bonds is 6. The minimum absolute atomic E-state index is 0.123. The predicted octanol–water partition coefficient (Wildman–Crippen LogP) is 4.25. The molecule has 0 aliphatic carbocycles. The minimum Gasteiger partial charge on any atom is -0.489 e. The fourth-order valence-electron chi connectivity index (χ4n) is 3.18. The SMILES string of the molecule is CC(=O)NC1(/C=C/c2ccc(OCc3ccccc3)c(C)c2)COC(C)(C)OC1. The van der Waals surface area contributed by atoms with Gasteiger partial charge in [-0.15, -0.1) is 0 Å². The number of ether oxygens (including phenoxy) is 3. The van der Waals surface area contributed by atoms with E-state index in [0.29, 0.717) is 19.8 Å². The van der Waals surface area contributed by atoms with E-state index in [2.05, 4.69) is 11.4 Å². The topological polar surface area (TPSA) is 56.8 Å². The van der Waals surface area contributed by atoms with Crippen LogP contribution in [0.1, 0.15) is 37.5 Å². The number of hydrogen-bond donors (Lipinski definition) is 1. The molecule has 0 spiro atoms. The van der Waals surface area contributed by atoms with Crippen molar-refractivity contribution in [3.8, 4) is 5.75 Å². The summed E-state index contributed by atoms with van der Waals surface area (Å²) in [6, 6.07) is 16.1. The van der Waals surface area contributed by atoms with E-state index in [1.54, 1.807) is 0 Å². The fraction of sp³-hybridized carbons (Fsp3) is 0.375. The summed E-state index contributed by atoms with van der Waals surface area (Å²) in [4.78, 5) is 11.7. The summed E-state index contributed by atoms with van der Waals surface area (Å²) < 4.78 is 17.5. The summed E-state index contributed by atoms with van der Waals surface area (Å²) >= 11 is 0. The third-order valence-electron chi connectivity index (χ3n) is 4.81. The van der Waals surface area contributed by atoms with Gasteiger partial charge in [-0.3, -0.25) is 4.79 Å². The summed E-state index contributed by atoms with van der Waals surface area (Å²) in [7, 11) is 0.